The summed E-state index contributed by atoms with van der Waals surface area (Å²) in [5.74, 6) is 2.30. The van der Waals surface area contributed by atoms with Gasteiger partial charge in [0.1, 0.15) is 0 Å². The number of hydrogen-bond acceptors (Lipinski definition) is 2. The normalized spacial score (nSPS) is 26.0. The van der Waals surface area contributed by atoms with Crippen LogP contribution in [0.15, 0.2) is 59.1 Å². The predicted molar refractivity (Wildman–Crippen MR) is 117 cm³/mol. The summed E-state index contributed by atoms with van der Waals surface area (Å²) in [5, 5.41) is 0. The molecule has 0 N–H and O–H groups in total. The zero-order valence-corrected chi connectivity index (χ0v) is 18.4. The van der Waals surface area contributed by atoms with Crippen molar-refractivity contribution < 1.29 is 0 Å². The van der Waals surface area contributed by atoms with Gasteiger partial charge in [-0.2, -0.15) is 0 Å². The van der Waals surface area contributed by atoms with Gasteiger partial charge in [-0.3, -0.25) is 0 Å². The van der Waals surface area contributed by atoms with Crippen molar-refractivity contribution in [1.82, 2.24) is 9.80 Å². The molecule has 1 aliphatic heterocycles. The van der Waals surface area contributed by atoms with Crippen LogP contribution >= 0.6 is 0 Å². The number of allylic oxidation sites excluding steroid dienone is 5. The van der Waals surface area contributed by atoms with E-state index < -0.39 is 0 Å². The lowest BCUT2D eigenvalue weighted by atomic mass is 9.83. The fourth-order valence-corrected chi connectivity index (χ4v) is 4.84. The van der Waals surface area contributed by atoms with Crippen LogP contribution in [0.3, 0.4) is 0 Å². The van der Waals surface area contributed by atoms with Crippen LogP contribution < -0.4 is 0 Å². The first kappa shape index (κ1) is 20.0. The summed E-state index contributed by atoms with van der Waals surface area (Å²) in [6.45, 7) is 17.3. The molecule has 0 radical (unpaired) electrons. The van der Waals surface area contributed by atoms with Crippen LogP contribution in [0.25, 0.3) is 0 Å². The minimum atomic E-state index is 0.467. The third-order valence-electron chi connectivity index (χ3n) is 6.28. The van der Waals surface area contributed by atoms with Gasteiger partial charge in [0, 0.05) is 18.1 Å². The Labute approximate surface area is 167 Å². The lowest BCUT2D eigenvalue weighted by molar-refractivity contribution is 0.216. The highest BCUT2D eigenvalue weighted by atomic mass is 15.4. The van der Waals surface area contributed by atoms with Gasteiger partial charge < -0.3 is 9.80 Å². The Bertz CT molecular complexity index is 700. The summed E-state index contributed by atoms with van der Waals surface area (Å²) in [5.41, 5.74) is 6.22. The topological polar surface area (TPSA) is 6.48 Å². The summed E-state index contributed by atoms with van der Waals surface area (Å²) in [4.78, 5) is 5.07. The molecule has 2 atom stereocenters. The molecular formula is C25H38N2. The molecule has 0 bridgehead atoms. The van der Waals surface area contributed by atoms with Crippen LogP contribution in [0.5, 0.6) is 0 Å². The van der Waals surface area contributed by atoms with E-state index in [1.54, 1.807) is 11.1 Å². The van der Waals surface area contributed by atoms with Gasteiger partial charge in [0.2, 0.25) is 0 Å². The van der Waals surface area contributed by atoms with E-state index >= 15 is 0 Å². The van der Waals surface area contributed by atoms with Crippen molar-refractivity contribution in [3.05, 3.63) is 59.1 Å². The maximum atomic E-state index is 2.55. The Hall–Kier alpha value is -1.70. The third-order valence-corrected chi connectivity index (χ3v) is 6.28. The van der Waals surface area contributed by atoms with Crippen molar-refractivity contribution in [2.24, 2.45) is 23.7 Å². The van der Waals surface area contributed by atoms with Crippen molar-refractivity contribution in [3.8, 4) is 0 Å². The Kier molecular flexibility index (Phi) is 6.03. The third kappa shape index (κ3) is 3.95. The number of hydrogen-bond donors (Lipinski definition) is 0. The Morgan fingerprint density at radius 3 is 2.33 bits per heavy atom. The lowest BCUT2D eigenvalue weighted by Gasteiger charge is -2.39. The van der Waals surface area contributed by atoms with Crippen LogP contribution in [0.2, 0.25) is 0 Å². The fourth-order valence-electron chi connectivity index (χ4n) is 4.84. The average molecular weight is 367 g/mol. The van der Waals surface area contributed by atoms with Gasteiger partial charge in [-0.15, -0.1) is 0 Å². The quantitative estimate of drug-likeness (QED) is 0.550. The van der Waals surface area contributed by atoms with Gasteiger partial charge in [-0.05, 0) is 53.2 Å². The van der Waals surface area contributed by atoms with E-state index in [-0.39, 0.29) is 0 Å². The van der Waals surface area contributed by atoms with Gasteiger partial charge in [-0.1, -0.05) is 72.8 Å². The first-order chi connectivity index (χ1) is 12.8. The van der Waals surface area contributed by atoms with E-state index in [0.717, 1.165) is 6.67 Å². The fraction of sp³-hybridized carbons (Fsp3) is 0.600. The maximum absolute atomic E-state index is 2.55. The highest BCUT2D eigenvalue weighted by Crippen LogP contribution is 2.39. The molecule has 3 aliphatic rings. The van der Waals surface area contributed by atoms with E-state index in [1.807, 2.05) is 0 Å². The molecule has 2 unspecified atom stereocenters. The summed E-state index contributed by atoms with van der Waals surface area (Å²) >= 11 is 0. The Balaban J connectivity index is 1.88. The molecule has 2 nitrogen and oxygen atoms in total. The van der Waals surface area contributed by atoms with E-state index in [1.165, 1.54) is 24.1 Å². The van der Waals surface area contributed by atoms with Crippen LogP contribution in [-0.4, -0.2) is 22.5 Å². The second-order valence-corrected chi connectivity index (χ2v) is 9.32. The molecule has 0 aromatic rings. The second-order valence-electron chi connectivity index (χ2n) is 9.32. The van der Waals surface area contributed by atoms with Crippen LogP contribution in [0, 0.1) is 23.7 Å². The summed E-state index contributed by atoms with van der Waals surface area (Å²) in [6.07, 6.45) is 16.5. The second kappa shape index (κ2) is 8.12. The first-order valence-corrected chi connectivity index (χ1v) is 10.8. The molecular weight excluding hydrogens is 328 g/mol. The molecule has 0 amide bonds. The predicted octanol–water partition coefficient (Wildman–Crippen LogP) is 6.48. The van der Waals surface area contributed by atoms with Gasteiger partial charge >= 0.3 is 0 Å². The average Bonchev–Trinajstić information content (AvgIpc) is 3.09. The maximum Gasteiger partial charge on any atom is 0.0948 e. The van der Waals surface area contributed by atoms with E-state index in [9.17, 15) is 0 Å². The van der Waals surface area contributed by atoms with Crippen LogP contribution in [0.4, 0.5) is 0 Å². The van der Waals surface area contributed by atoms with Crippen molar-refractivity contribution in [3.63, 3.8) is 0 Å². The SMILES string of the molecule is CC(C)C1=CCCC(C(C)C)=C1N1C=CN(C2C(C(C)C)=CC=CC2C)C1. The monoisotopic (exact) mass is 366 g/mol. The minimum Gasteiger partial charge on any atom is -0.351 e. The van der Waals surface area contributed by atoms with E-state index in [0.29, 0.717) is 29.7 Å². The van der Waals surface area contributed by atoms with Gasteiger partial charge in [0.05, 0.1) is 12.7 Å². The molecule has 0 spiro atoms. The van der Waals surface area contributed by atoms with Crippen molar-refractivity contribution in [2.75, 3.05) is 6.67 Å². The molecule has 0 aromatic carbocycles. The molecule has 3 rings (SSSR count). The van der Waals surface area contributed by atoms with Crippen LogP contribution in [-0.2, 0) is 0 Å². The Morgan fingerprint density at radius 1 is 0.963 bits per heavy atom. The zero-order chi connectivity index (χ0) is 19.7. The van der Waals surface area contributed by atoms with Gasteiger partial charge in [0.25, 0.3) is 0 Å². The smallest absolute Gasteiger partial charge is 0.0948 e. The molecule has 0 saturated carbocycles. The molecule has 0 fully saturated rings. The van der Waals surface area contributed by atoms with Crippen molar-refractivity contribution in [2.45, 2.75) is 67.3 Å². The van der Waals surface area contributed by atoms with Crippen LogP contribution in [0.1, 0.15) is 61.3 Å². The molecule has 2 heteroatoms. The highest BCUT2D eigenvalue weighted by molar-refractivity contribution is 5.41. The van der Waals surface area contributed by atoms with Gasteiger partial charge in [-0.25, -0.2) is 0 Å². The number of rotatable bonds is 5. The summed E-state index contributed by atoms with van der Waals surface area (Å²) in [6, 6.07) is 0.467. The van der Waals surface area contributed by atoms with E-state index in [2.05, 4.69) is 95.0 Å². The zero-order valence-electron chi connectivity index (χ0n) is 18.4. The van der Waals surface area contributed by atoms with Gasteiger partial charge in [0.15, 0.2) is 0 Å². The van der Waals surface area contributed by atoms with Crippen molar-refractivity contribution >= 4 is 0 Å². The Morgan fingerprint density at radius 2 is 1.70 bits per heavy atom. The number of nitrogens with zero attached hydrogens (tertiary/aromatic N) is 2. The largest absolute Gasteiger partial charge is 0.351 e. The molecule has 148 valence electrons. The summed E-state index contributed by atoms with van der Waals surface area (Å²) in [7, 11) is 0. The van der Waals surface area contributed by atoms with Crippen molar-refractivity contribution in [1.29, 1.82) is 0 Å². The highest BCUT2D eigenvalue weighted by Gasteiger charge is 2.33. The summed E-state index contributed by atoms with van der Waals surface area (Å²) < 4.78 is 0. The molecule has 0 saturated heterocycles. The molecule has 0 aromatic heterocycles. The molecule has 1 heterocycles. The standard InChI is InChI=1S/C25H38N2/c1-17(2)21-11-8-10-20(7)24(21)26-14-15-27(16-26)25-22(18(3)4)12-9-13-23(25)19(5)6/h8,10-12,14-15,17-20,24H,9,13,16H2,1-7H3. The molecule has 2 aliphatic carbocycles. The minimum absolute atomic E-state index is 0.467. The van der Waals surface area contributed by atoms with E-state index in [4.69, 9.17) is 0 Å². The lowest BCUT2D eigenvalue weighted by Crippen LogP contribution is -2.41. The molecule has 27 heavy (non-hydrogen) atoms. The first-order valence-electron chi connectivity index (χ1n) is 10.8.